The second-order valence-electron chi connectivity index (χ2n) is 1.76. The Morgan fingerprint density at radius 3 is 2.45 bits per heavy atom. The molecule has 4 heteroatoms. The summed E-state index contributed by atoms with van der Waals surface area (Å²) in [6, 6.07) is 5.96. The molecule has 0 spiro atoms. The summed E-state index contributed by atoms with van der Waals surface area (Å²) >= 11 is 2.96. The van der Waals surface area contributed by atoms with Crippen LogP contribution < -0.4 is 40.1 Å². The van der Waals surface area contributed by atoms with Crippen molar-refractivity contribution in [1.82, 2.24) is 0 Å². The Bertz CT molecular complexity index is 301. The van der Waals surface area contributed by atoms with Gasteiger partial charge in [-0.1, -0.05) is 28.1 Å². The molecule has 0 heterocycles. The van der Waals surface area contributed by atoms with Crippen LogP contribution in [-0.2, 0) is 0 Å². The largest absolute Gasteiger partial charge is 1.00 e. The van der Waals surface area contributed by atoms with Crippen LogP contribution in [0.4, 0.5) is 0 Å². The van der Waals surface area contributed by atoms with Gasteiger partial charge < -0.3 is 5.11 Å². The zero-order valence-corrected chi connectivity index (χ0v) is 9.59. The number of hydrogen-bond donors (Lipinski definition) is 0. The molecular weight excluding hydrogens is 219 g/mol. The van der Waals surface area contributed by atoms with Gasteiger partial charge in [-0.2, -0.15) is 0 Å². The van der Waals surface area contributed by atoms with Gasteiger partial charge in [0, 0.05) is 4.47 Å². The molecule has 0 radical (unpaired) electrons. The number of hydrogen-bond acceptors (Lipinski definition) is 2. The maximum Gasteiger partial charge on any atom is 1.00 e. The Hall–Kier alpha value is 0.170. The average molecular weight is 223 g/mol. The van der Waals surface area contributed by atoms with Crippen molar-refractivity contribution >= 4 is 15.9 Å². The summed E-state index contributed by atoms with van der Waals surface area (Å²) in [5.74, 6) is -0.495. The molecule has 2 nitrogen and oxygen atoms in total. The topological polar surface area (TPSA) is 40.1 Å². The Labute approximate surface area is 94.7 Å². The van der Waals surface area contributed by atoms with Crippen LogP contribution in [0.3, 0.4) is 0 Å². The molecular formula is C7H4BrNaO2. The first-order chi connectivity index (χ1) is 4.72. The number of rotatable bonds is 0. The maximum absolute atomic E-state index is 10.8. The van der Waals surface area contributed by atoms with E-state index in [9.17, 15) is 9.90 Å². The average Bonchev–Trinajstić information content (AvgIpc) is 2.04. The molecule has 0 saturated heterocycles. The second-order valence-corrected chi connectivity index (χ2v) is 2.61. The van der Waals surface area contributed by atoms with E-state index in [-0.39, 0.29) is 29.6 Å². The Kier molecular flexibility index (Phi) is 5.01. The first kappa shape index (κ1) is 11.2. The van der Waals surface area contributed by atoms with Crippen molar-refractivity contribution in [3.8, 4) is 5.75 Å². The van der Waals surface area contributed by atoms with Crippen LogP contribution in [0.25, 0.3) is 0 Å². The van der Waals surface area contributed by atoms with Crippen LogP contribution in [0, 0.1) is 0 Å². The monoisotopic (exact) mass is 222 g/mol. The Morgan fingerprint density at radius 1 is 1.27 bits per heavy atom. The molecule has 1 rings (SSSR count). The summed E-state index contributed by atoms with van der Waals surface area (Å²) in [7, 11) is 0. The van der Waals surface area contributed by atoms with Gasteiger partial charge in [0.25, 0.3) is 0 Å². The second kappa shape index (κ2) is 4.93. The van der Waals surface area contributed by atoms with Gasteiger partial charge in [0.15, 0.2) is 5.43 Å². The summed E-state index contributed by atoms with van der Waals surface area (Å²) in [6.45, 7) is 0. The quantitative estimate of drug-likeness (QED) is 0.472. The standard InChI is InChI=1S/C7H5BrO2.Na/c8-5-3-1-2-4-6(9)7(5)10;/h1-4H,(H,9,10);/q;+1/p-1. The molecule has 52 valence electrons. The minimum absolute atomic E-state index is 0. The minimum atomic E-state index is -0.495. The summed E-state index contributed by atoms with van der Waals surface area (Å²) in [5, 5.41) is 10.8. The molecule has 0 unspecified atom stereocenters. The van der Waals surface area contributed by atoms with Crippen molar-refractivity contribution in [3.63, 3.8) is 0 Å². The van der Waals surface area contributed by atoms with Gasteiger partial charge in [0.2, 0.25) is 0 Å². The molecule has 0 aliphatic heterocycles. The van der Waals surface area contributed by atoms with Crippen LogP contribution in [0.2, 0.25) is 0 Å². The third-order valence-electron chi connectivity index (χ3n) is 1.04. The molecule has 0 bridgehead atoms. The van der Waals surface area contributed by atoms with Gasteiger partial charge in [-0.3, -0.25) is 4.79 Å². The maximum atomic E-state index is 10.8. The summed E-state index contributed by atoms with van der Waals surface area (Å²) in [4.78, 5) is 10.7. The van der Waals surface area contributed by atoms with E-state index in [4.69, 9.17) is 0 Å². The molecule has 0 N–H and O–H groups in total. The first-order valence-corrected chi connectivity index (χ1v) is 3.47. The van der Waals surface area contributed by atoms with Crippen LogP contribution in [0.1, 0.15) is 0 Å². The van der Waals surface area contributed by atoms with E-state index in [2.05, 4.69) is 15.9 Å². The van der Waals surface area contributed by atoms with E-state index in [1.807, 2.05) is 0 Å². The van der Waals surface area contributed by atoms with Gasteiger partial charge in [-0.25, -0.2) is 0 Å². The molecule has 0 fully saturated rings. The molecule has 0 amide bonds. The van der Waals surface area contributed by atoms with Crippen molar-refractivity contribution < 1.29 is 34.7 Å². The minimum Gasteiger partial charge on any atom is -0.869 e. The van der Waals surface area contributed by atoms with Gasteiger partial charge in [0.1, 0.15) is 0 Å². The van der Waals surface area contributed by atoms with Crippen molar-refractivity contribution in [2.24, 2.45) is 0 Å². The predicted octanol–water partition coefficient (Wildman–Crippen LogP) is -2.11. The summed E-state index contributed by atoms with van der Waals surface area (Å²) < 4.78 is 0.308. The fraction of sp³-hybridized carbons (Fsp3) is 0. The molecule has 0 atom stereocenters. The van der Waals surface area contributed by atoms with Crippen molar-refractivity contribution in [2.45, 2.75) is 0 Å². The van der Waals surface area contributed by atoms with Crippen molar-refractivity contribution in [3.05, 3.63) is 39.0 Å². The van der Waals surface area contributed by atoms with Crippen LogP contribution in [0.5, 0.6) is 5.75 Å². The van der Waals surface area contributed by atoms with E-state index < -0.39 is 11.2 Å². The fourth-order valence-electron chi connectivity index (χ4n) is 0.552. The van der Waals surface area contributed by atoms with E-state index in [1.165, 1.54) is 12.1 Å². The normalized spacial score (nSPS) is 8.45. The Morgan fingerprint density at radius 2 is 1.82 bits per heavy atom. The van der Waals surface area contributed by atoms with E-state index in [0.717, 1.165) is 0 Å². The summed E-state index contributed by atoms with van der Waals surface area (Å²) in [6.07, 6.45) is 0. The van der Waals surface area contributed by atoms with Gasteiger partial charge >= 0.3 is 29.6 Å². The van der Waals surface area contributed by atoms with E-state index in [0.29, 0.717) is 4.47 Å². The van der Waals surface area contributed by atoms with E-state index >= 15 is 0 Å². The molecule has 1 aromatic rings. The van der Waals surface area contributed by atoms with Gasteiger partial charge in [-0.15, -0.1) is 0 Å². The first-order valence-electron chi connectivity index (χ1n) is 2.67. The summed E-state index contributed by atoms with van der Waals surface area (Å²) in [5.41, 5.74) is -0.489. The van der Waals surface area contributed by atoms with Crippen LogP contribution in [0.15, 0.2) is 33.5 Å². The SMILES string of the molecule is O=c1ccccc(Br)c1[O-].[Na+]. The van der Waals surface area contributed by atoms with Crippen LogP contribution in [-0.4, -0.2) is 0 Å². The third kappa shape index (κ3) is 2.95. The molecule has 0 aliphatic carbocycles. The molecule has 0 saturated carbocycles. The molecule has 0 aromatic heterocycles. The zero-order chi connectivity index (χ0) is 7.56. The molecule has 0 aliphatic rings. The third-order valence-corrected chi connectivity index (χ3v) is 1.67. The van der Waals surface area contributed by atoms with Crippen molar-refractivity contribution in [1.29, 1.82) is 0 Å². The Balaban J connectivity index is 0.000001000. The van der Waals surface area contributed by atoms with E-state index in [1.54, 1.807) is 12.1 Å². The smallest absolute Gasteiger partial charge is 0.869 e. The number of halogens is 1. The molecule has 1 aromatic carbocycles. The van der Waals surface area contributed by atoms with Gasteiger partial charge in [0.05, 0.1) is 0 Å². The molecule has 11 heavy (non-hydrogen) atoms. The van der Waals surface area contributed by atoms with Crippen LogP contribution >= 0.6 is 15.9 Å². The van der Waals surface area contributed by atoms with Gasteiger partial charge in [-0.05, 0) is 17.9 Å². The fourth-order valence-corrected chi connectivity index (χ4v) is 0.900. The zero-order valence-electron chi connectivity index (χ0n) is 6.00. The predicted molar refractivity (Wildman–Crippen MR) is 39.9 cm³/mol. The van der Waals surface area contributed by atoms with Crippen molar-refractivity contribution in [2.75, 3.05) is 0 Å².